The van der Waals surface area contributed by atoms with Crippen LogP contribution >= 0.6 is 34.8 Å². The van der Waals surface area contributed by atoms with Gasteiger partial charge in [0, 0.05) is 15.7 Å². The number of ether oxygens (including phenoxy) is 1. The molecule has 0 aromatic heterocycles. The number of amides is 1. The fourth-order valence-electron chi connectivity index (χ4n) is 2.51. The van der Waals surface area contributed by atoms with Gasteiger partial charge in [-0.25, -0.2) is 8.42 Å². The summed E-state index contributed by atoms with van der Waals surface area (Å²) in [4.78, 5) is 12.4. The molecular weight excluding hydrogens is 483 g/mol. The average molecular weight is 500 g/mol. The van der Waals surface area contributed by atoms with Crippen molar-refractivity contribution in [2.75, 3.05) is 10.0 Å². The molecule has 1 atom stereocenters. The molecule has 0 bridgehead atoms. The number of carbonyl (C=O) groups is 1. The van der Waals surface area contributed by atoms with Crippen LogP contribution in [0.5, 0.6) is 5.75 Å². The molecule has 1 amide bonds. The van der Waals surface area contributed by atoms with Crippen molar-refractivity contribution in [3.05, 3.63) is 81.8 Å². The predicted octanol–water partition coefficient (Wildman–Crippen LogP) is 5.85. The van der Waals surface area contributed by atoms with Crippen LogP contribution < -0.4 is 14.8 Å². The SMILES string of the molecule is CC(Oc1ccc(Cl)cc1)C(=O)Nc1ccc(S(=O)(=O)Nc2ccc(Cl)cc2Cl)cc1. The van der Waals surface area contributed by atoms with Crippen LogP contribution in [0.4, 0.5) is 11.4 Å². The first-order valence-corrected chi connectivity index (χ1v) is 11.6. The smallest absolute Gasteiger partial charge is 0.265 e. The summed E-state index contributed by atoms with van der Waals surface area (Å²) >= 11 is 17.7. The molecule has 0 radical (unpaired) electrons. The van der Waals surface area contributed by atoms with Gasteiger partial charge in [-0.2, -0.15) is 0 Å². The molecule has 0 saturated carbocycles. The summed E-state index contributed by atoms with van der Waals surface area (Å²) in [5.41, 5.74) is 0.622. The van der Waals surface area contributed by atoms with E-state index in [1.807, 2.05) is 0 Å². The normalized spacial score (nSPS) is 12.1. The Morgan fingerprint density at radius 1 is 0.903 bits per heavy atom. The molecule has 31 heavy (non-hydrogen) atoms. The Labute approximate surface area is 195 Å². The number of hydrogen-bond acceptors (Lipinski definition) is 4. The van der Waals surface area contributed by atoms with Gasteiger partial charge in [-0.1, -0.05) is 34.8 Å². The van der Waals surface area contributed by atoms with Crippen LogP contribution in [-0.4, -0.2) is 20.4 Å². The second kappa shape index (κ2) is 9.78. The summed E-state index contributed by atoms with van der Waals surface area (Å²) in [5, 5.41) is 3.80. The standard InChI is InChI=1S/C21H17Cl3N2O4S/c1-13(30-17-7-2-14(22)3-8-17)21(27)25-16-5-9-18(10-6-16)31(28,29)26-20-11-4-15(23)12-19(20)24/h2-13,26H,1H3,(H,25,27). The summed E-state index contributed by atoms with van der Waals surface area (Å²) in [6, 6.07) is 16.8. The van der Waals surface area contributed by atoms with E-state index in [4.69, 9.17) is 39.5 Å². The molecule has 0 heterocycles. The molecule has 0 aliphatic carbocycles. The molecule has 0 spiro atoms. The highest BCUT2D eigenvalue weighted by atomic mass is 35.5. The van der Waals surface area contributed by atoms with E-state index in [2.05, 4.69) is 10.0 Å². The van der Waals surface area contributed by atoms with Crippen LogP contribution in [0.15, 0.2) is 71.6 Å². The summed E-state index contributed by atoms with van der Waals surface area (Å²) in [6.07, 6.45) is -0.779. The summed E-state index contributed by atoms with van der Waals surface area (Å²) < 4.78 is 33.1. The van der Waals surface area contributed by atoms with Crippen molar-refractivity contribution in [2.45, 2.75) is 17.9 Å². The molecule has 2 N–H and O–H groups in total. The van der Waals surface area contributed by atoms with Crippen LogP contribution in [0.2, 0.25) is 15.1 Å². The highest BCUT2D eigenvalue weighted by Crippen LogP contribution is 2.28. The summed E-state index contributed by atoms with van der Waals surface area (Å²) in [5.74, 6) is 0.108. The van der Waals surface area contributed by atoms with Crippen molar-refractivity contribution in [1.82, 2.24) is 0 Å². The van der Waals surface area contributed by atoms with Gasteiger partial charge in [0.1, 0.15) is 5.75 Å². The minimum absolute atomic E-state index is 0.00183. The van der Waals surface area contributed by atoms with Crippen molar-refractivity contribution in [1.29, 1.82) is 0 Å². The summed E-state index contributed by atoms with van der Waals surface area (Å²) in [7, 11) is -3.88. The lowest BCUT2D eigenvalue weighted by atomic mass is 10.3. The lowest BCUT2D eigenvalue weighted by Crippen LogP contribution is -2.30. The first-order chi connectivity index (χ1) is 14.6. The Bertz CT molecular complexity index is 1180. The van der Waals surface area contributed by atoms with E-state index in [1.165, 1.54) is 42.5 Å². The molecular formula is C21H17Cl3N2O4S. The van der Waals surface area contributed by atoms with E-state index >= 15 is 0 Å². The Hall–Kier alpha value is -2.45. The lowest BCUT2D eigenvalue weighted by molar-refractivity contribution is -0.122. The first-order valence-electron chi connectivity index (χ1n) is 8.95. The number of benzene rings is 3. The zero-order chi connectivity index (χ0) is 22.6. The fraction of sp³-hybridized carbons (Fsp3) is 0.0952. The van der Waals surface area contributed by atoms with Gasteiger partial charge in [0.2, 0.25) is 0 Å². The van der Waals surface area contributed by atoms with E-state index in [9.17, 15) is 13.2 Å². The van der Waals surface area contributed by atoms with Crippen LogP contribution in [0, 0.1) is 0 Å². The van der Waals surface area contributed by atoms with Crippen LogP contribution in [0.3, 0.4) is 0 Å². The maximum absolute atomic E-state index is 12.6. The molecule has 162 valence electrons. The maximum Gasteiger partial charge on any atom is 0.265 e. The van der Waals surface area contributed by atoms with Crippen molar-refractivity contribution in [2.24, 2.45) is 0 Å². The molecule has 0 aliphatic heterocycles. The largest absolute Gasteiger partial charge is 0.481 e. The predicted molar refractivity (Wildman–Crippen MR) is 124 cm³/mol. The van der Waals surface area contributed by atoms with Gasteiger partial charge in [-0.05, 0) is 73.7 Å². The van der Waals surface area contributed by atoms with Crippen molar-refractivity contribution in [3.63, 3.8) is 0 Å². The van der Waals surface area contributed by atoms with Gasteiger partial charge in [0.15, 0.2) is 6.10 Å². The number of anilines is 2. The molecule has 3 aromatic carbocycles. The van der Waals surface area contributed by atoms with Gasteiger partial charge in [-0.15, -0.1) is 0 Å². The third-order valence-electron chi connectivity index (χ3n) is 4.10. The molecule has 0 fully saturated rings. The monoisotopic (exact) mass is 498 g/mol. The summed E-state index contributed by atoms with van der Waals surface area (Å²) in [6.45, 7) is 1.60. The topological polar surface area (TPSA) is 84.5 Å². The highest BCUT2D eigenvalue weighted by Gasteiger charge is 2.18. The van der Waals surface area contributed by atoms with Crippen LogP contribution in [0.1, 0.15) is 6.92 Å². The Kier molecular flexibility index (Phi) is 7.33. The molecule has 6 nitrogen and oxygen atoms in total. The maximum atomic E-state index is 12.6. The number of hydrogen-bond donors (Lipinski definition) is 2. The minimum Gasteiger partial charge on any atom is -0.481 e. The average Bonchev–Trinajstić information content (AvgIpc) is 2.72. The zero-order valence-corrected chi connectivity index (χ0v) is 19.2. The molecule has 3 aromatic rings. The lowest BCUT2D eigenvalue weighted by Gasteiger charge is -2.15. The van der Waals surface area contributed by atoms with Crippen molar-refractivity contribution in [3.8, 4) is 5.75 Å². The van der Waals surface area contributed by atoms with Crippen LogP contribution in [0.25, 0.3) is 0 Å². The first kappa shape index (κ1) is 23.2. The van der Waals surface area contributed by atoms with Gasteiger partial charge >= 0.3 is 0 Å². The zero-order valence-electron chi connectivity index (χ0n) is 16.1. The fourth-order valence-corrected chi connectivity index (χ4v) is 4.23. The number of rotatable bonds is 7. The Morgan fingerprint density at radius 2 is 1.52 bits per heavy atom. The van der Waals surface area contributed by atoms with E-state index in [0.717, 1.165) is 0 Å². The number of halogens is 3. The van der Waals surface area contributed by atoms with E-state index in [0.29, 0.717) is 21.5 Å². The highest BCUT2D eigenvalue weighted by molar-refractivity contribution is 7.92. The third-order valence-corrected chi connectivity index (χ3v) is 6.28. The number of sulfonamides is 1. The molecule has 0 saturated heterocycles. The van der Waals surface area contributed by atoms with Gasteiger partial charge < -0.3 is 10.1 Å². The minimum atomic E-state index is -3.88. The van der Waals surface area contributed by atoms with Gasteiger partial charge in [0.05, 0.1) is 15.6 Å². The Morgan fingerprint density at radius 3 is 2.13 bits per heavy atom. The second-order valence-electron chi connectivity index (χ2n) is 6.46. The quantitative estimate of drug-likeness (QED) is 0.427. The van der Waals surface area contributed by atoms with Gasteiger partial charge in [-0.3, -0.25) is 9.52 Å². The molecule has 0 aliphatic rings. The van der Waals surface area contributed by atoms with E-state index < -0.39 is 22.0 Å². The molecule has 3 rings (SSSR count). The van der Waals surface area contributed by atoms with Crippen molar-refractivity contribution < 1.29 is 17.9 Å². The second-order valence-corrected chi connectivity index (χ2v) is 9.42. The van der Waals surface area contributed by atoms with Crippen LogP contribution in [-0.2, 0) is 14.8 Å². The molecule has 10 heteroatoms. The number of nitrogens with one attached hydrogen (secondary N) is 2. The molecule has 1 unspecified atom stereocenters. The Balaban J connectivity index is 1.64. The van der Waals surface area contributed by atoms with E-state index in [1.54, 1.807) is 31.2 Å². The van der Waals surface area contributed by atoms with Crippen molar-refractivity contribution >= 4 is 62.1 Å². The van der Waals surface area contributed by atoms with E-state index in [-0.39, 0.29) is 15.6 Å². The van der Waals surface area contributed by atoms with Gasteiger partial charge in [0.25, 0.3) is 15.9 Å². The number of carbonyl (C=O) groups excluding carboxylic acids is 1. The third kappa shape index (κ3) is 6.27.